The van der Waals surface area contributed by atoms with E-state index in [0.717, 1.165) is 85.7 Å². The van der Waals surface area contributed by atoms with E-state index in [9.17, 15) is 14.4 Å². The first-order chi connectivity index (χ1) is 28.0. The van der Waals surface area contributed by atoms with Gasteiger partial charge < -0.3 is 19.4 Å². The summed E-state index contributed by atoms with van der Waals surface area (Å²) in [6.07, 6.45) is 5.69. The van der Waals surface area contributed by atoms with E-state index >= 15 is 0 Å². The van der Waals surface area contributed by atoms with Crippen LogP contribution in [0.15, 0.2) is 91.1 Å². The molecule has 4 aromatic carbocycles. The molecule has 1 atom stereocenters. The number of anilines is 2. The van der Waals surface area contributed by atoms with Crippen LogP contribution in [-0.2, 0) is 16.1 Å². The molecule has 10 rings (SSSR count). The van der Waals surface area contributed by atoms with Crippen LogP contribution in [0.1, 0.15) is 64.7 Å². The number of hydrogen-bond donors (Lipinski definition) is 2. The number of piperazine rings is 1. The number of carbonyl (C=O) groups excluding carboxylic acids is 3. The summed E-state index contributed by atoms with van der Waals surface area (Å²) in [5.41, 5.74) is 11.1. The van der Waals surface area contributed by atoms with Gasteiger partial charge in [-0.05, 0) is 95.5 Å². The molecule has 0 bridgehead atoms. The monoisotopic (exact) mass is 761 g/mol. The Balaban J connectivity index is 0.760. The molecule has 0 aliphatic carbocycles. The minimum atomic E-state index is -0.589. The Morgan fingerprint density at radius 2 is 1.49 bits per heavy atom. The van der Waals surface area contributed by atoms with Crippen molar-refractivity contribution in [2.75, 3.05) is 62.2 Å². The number of amides is 3. The number of aromatic amines is 1. The number of hydrogen-bond acceptors (Lipinski definition) is 8. The van der Waals surface area contributed by atoms with E-state index in [2.05, 4.69) is 103 Å². The van der Waals surface area contributed by atoms with E-state index in [1.165, 1.54) is 40.8 Å². The van der Waals surface area contributed by atoms with Gasteiger partial charge in [-0.1, -0.05) is 42.5 Å². The van der Waals surface area contributed by atoms with E-state index in [-0.39, 0.29) is 24.1 Å². The van der Waals surface area contributed by atoms with Crippen LogP contribution in [0.4, 0.5) is 11.4 Å². The highest BCUT2D eigenvalue weighted by atomic mass is 16.5. The van der Waals surface area contributed by atoms with Crippen molar-refractivity contribution >= 4 is 51.1 Å². The molecule has 0 unspecified atom stereocenters. The average Bonchev–Trinajstić information content (AvgIpc) is 3.80. The topological polar surface area (TPSA) is 114 Å². The lowest BCUT2D eigenvalue weighted by Gasteiger charge is -2.40. The Bertz CT molecular complexity index is 2370. The molecule has 3 fully saturated rings. The molecule has 2 N–H and O–H groups in total. The second-order valence-electron chi connectivity index (χ2n) is 16.1. The van der Waals surface area contributed by atoms with Crippen molar-refractivity contribution < 1.29 is 19.1 Å². The van der Waals surface area contributed by atoms with Crippen LogP contribution >= 0.6 is 0 Å². The number of ether oxygens (including phenoxy) is 1. The number of aromatic nitrogens is 2. The second kappa shape index (κ2) is 14.9. The number of carbonyl (C=O) groups is 3. The van der Waals surface area contributed by atoms with Crippen LogP contribution in [-0.4, -0.2) is 96.2 Å². The molecule has 1 aromatic heterocycles. The van der Waals surface area contributed by atoms with Gasteiger partial charge in [0.05, 0.1) is 23.7 Å². The fourth-order valence-corrected chi connectivity index (χ4v) is 9.67. The van der Waals surface area contributed by atoms with Gasteiger partial charge in [-0.25, -0.2) is 0 Å². The number of nitrogens with one attached hydrogen (secondary N) is 2. The maximum absolute atomic E-state index is 13.2. The number of fused-ring (bicyclic) bond motifs is 4. The maximum Gasteiger partial charge on any atom is 0.255 e. The highest BCUT2D eigenvalue weighted by molar-refractivity contribution is 6.06. The zero-order valence-electron chi connectivity index (χ0n) is 32.1. The van der Waals surface area contributed by atoms with Crippen LogP contribution in [0.25, 0.3) is 22.0 Å². The Morgan fingerprint density at radius 3 is 2.28 bits per heavy atom. The third-order valence-electron chi connectivity index (χ3n) is 12.8. The minimum absolute atomic E-state index is 0.123. The summed E-state index contributed by atoms with van der Waals surface area (Å²) >= 11 is 0. The van der Waals surface area contributed by atoms with Gasteiger partial charge >= 0.3 is 0 Å². The molecule has 6 heterocycles. The SMILES string of the molecule is O=C1CC[C@H](N2Cc3cc(N4CCN(CC5CCN(c6ccc(C7=C(c8ccccc8)CCOc8c7ccc7[nH]ncc87)cc6)CC5)CC4)ccc3C2=O)C(=O)N1. The molecule has 3 saturated heterocycles. The summed E-state index contributed by atoms with van der Waals surface area (Å²) in [4.78, 5) is 46.5. The maximum atomic E-state index is 13.2. The summed E-state index contributed by atoms with van der Waals surface area (Å²) in [5.74, 6) is 0.815. The largest absolute Gasteiger partial charge is 0.492 e. The number of piperidine rings is 2. The lowest BCUT2D eigenvalue weighted by atomic mass is 9.87. The summed E-state index contributed by atoms with van der Waals surface area (Å²) in [6, 6.07) is 29.7. The standard InChI is InChI=1S/C46H47N7O4/c54-42-15-14-41(45(55)48-42)53-29-33-26-35(10-11-37(33)46(53)56)52-23-21-50(22-24-52)28-30-16-19-51(20-17-30)34-8-6-32(7-9-34)43-36(31-4-2-1-3-5-31)18-25-57-44-38(43)12-13-40-39(44)27-47-49-40/h1-13,26-27,30,41H,14-25,28-29H2,(H,47,49)(H,48,54,55)/t41-/m0/s1. The molecular formula is C46H47N7O4. The molecule has 5 aliphatic heterocycles. The number of benzene rings is 4. The van der Waals surface area contributed by atoms with Crippen molar-refractivity contribution in [3.63, 3.8) is 0 Å². The van der Waals surface area contributed by atoms with Crippen LogP contribution in [0.2, 0.25) is 0 Å². The fraction of sp³-hybridized carbons (Fsp3) is 0.348. The summed E-state index contributed by atoms with van der Waals surface area (Å²) in [6.45, 7) is 8.18. The van der Waals surface area contributed by atoms with Crippen molar-refractivity contribution in [1.82, 2.24) is 25.3 Å². The first kappa shape index (κ1) is 35.5. The van der Waals surface area contributed by atoms with Crippen LogP contribution in [0, 0.1) is 5.92 Å². The quantitative estimate of drug-likeness (QED) is 0.191. The zero-order chi connectivity index (χ0) is 38.5. The van der Waals surface area contributed by atoms with Crippen LogP contribution in [0.3, 0.4) is 0 Å². The highest BCUT2D eigenvalue weighted by Gasteiger charge is 2.39. The van der Waals surface area contributed by atoms with Gasteiger partial charge in [0, 0.05) is 87.7 Å². The highest BCUT2D eigenvalue weighted by Crippen LogP contribution is 2.44. The molecule has 5 aromatic rings. The predicted molar refractivity (Wildman–Crippen MR) is 221 cm³/mol. The summed E-state index contributed by atoms with van der Waals surface area (Å²) < 4.78 is 6.43. The van der Waals surface area contributed by atoms with Crippen molar-refractivity contribution in [2.24, 2.45) is 5.92 Å². The van der Waals surface area contributed by atoms with E-state index in [4.69, 9.17) is 4.74 Å². The Kier molecular flexibility index (Phi) is 9.24. The normalized spacial score (nSPS) is 20.7. The van der Waals surface area contributed by atoms with Gasteiger partial charge in [0.1, 0.15) is 11.8 Å². The van der Waals surface area contributed by atoms with Crippen molar-refractivity contribution in [2.45, 2.75) is 44.7 Å². The predicted octanol–water partition coefficient (Wildman–Crippen LogP) is 6.10. The van der Waals surface area contributed by atoms with Gasteiger partial charge in [-0.15, -0.1) is 0 Å². The molecule has 0 spiro atoms. The zero-order valence-corrected chi connectivity index (χ0v) is 32.1. The molecule has 0 radical (unpaired) electrons. The van der Waals surface area contributed by atoms with E-state index in [1.54, 1.807) is 4.90 Å². The van der Waals surface area contributed by atoms with Gasteiger partial charge in [0.2, 0.25) is 11.8 Å². The van der Waals surface area contributed by atoms with Gasteiger partial charge in [0.15, 0.2) is 0 Å². The molecular weight excluding hydrogens is 715 g/mol. The lowest BCUT2D eigenvalue weighted by Crippen LogP contribution is -2.52. The first-order valence-electron chi connectivity index (χ1n) is 20.4. The summed E-state index contributed by atoms with van der Waals surface area (Å²) in [7, 11) is 0. The van der Waals surface area contributed by atoms with Gasteiger partial charge in [-0.3, -0.25) is 29.7 Å². The van der Waals surface area contributed by atoms with E-state index < -0.39 is 6.04 Å². The number of nitrogens with zero attached hydrogens (tertiary/aromatic N) is 5. The number of rotatable bonds is 7. The van der Waals surface area contributed by atoms with Crippen LogP contribution < -0.4 is 19.9 Å². The second-order valence-corrected chi connectivity index (χ2v) is 16.1. The van der Waals surface area contributed by atoms with E-state index in [0.29, 0.717) is 31.1 Å². The summed E-state index contributed by atoms with van der Waals surface area (Å²) in [5, 5.41) is 10.8. The molecule has 11 nitrogen and oxygen atoms in total. The molecule has 57 heavy (non-hydrogen) atoms. The van der Waals surface area contributed by atoms with Crippen molar-refractivity contribution in [1.29, 1.82) is 0 Å². The molecule has 290 valence electrons. The molecule has 0 saturated carbocycles. The fourth-order valence-electron chi connectivity index (χ4n) is 9.67. The van der Waals surface area contributed by atoms with Crippen LogP contribution in [0.5, 0.6) is 5.75 Å². The lowest BCUT2D eigenvalue weighted by molar-refractivity contribution is -0.136. The smallest absolute Gasteiger partial charge is 0.255 e. The van der Waals surface area contributed by atoms with Gasteiger partial charge in [0.25, 0.3) is 5.91 Å². The van der Waals surface area contributed by atoms with E-state index in [1.807, 2.05) is 18.3 Å². The Morgan fingerprint density at radius 1 is 0.737 bits per heavy atom. The molecule has 5 aliphatic rings. The third kappa shape index (κ3) is 6.73. The van der Waals surface area contributed by atoms with Crippen molar-refractivity contribution in [3.05, 3.63) is 119 Å². The minimum Gasteiger partial charge on any atom is -0.492 e. The average molecular weight is 762 g/mol. The Labute approximate surface area is 332 Å². The number of imide groups is 1. The van der Waals surface area contributed by atoms with Gasteiger partial charge in [-0.2, -0.15) is 5.10 Å². The first-order valence-corrected chi connectivity index (χ1v) is 20.4. The number of H-pyrrole nitrogens is 1. The Hall–Kier alpha value is -5.94. The molecule has 3 amide bonds. The molecule has 11 heteroatoms. The van der Waals surface area contributed by atoms with Crippen molar-refractivity contribution in [3.8, 4) is 5.75 Å². The third-order valence-corrected chi connectivity index (χ3v) is 12.8.